The van der Waals surface area contributed by atoms with Crippen LogP contribution in [0.1, 0.15) is 26.2 Å². The van der Waals surface area contributed by atoms with E-state index < -0.39 is 30.1 Å². The van der Waals surface area contributed by atoms with Gasteiger partial charge in [0.05, 0.1) is 13.0 Å². The minimum absolute atomic E-state index is 0.0933. The molecule has 1 rings (SSSR count). The quantitative estimate of drug-likeness (QED) is 0.700. The van der Waals surface area contributed by atoms with Crippen molar-refractivity contribution in [1.29, 1.82) is 0 Å². The molecule has 1 fully saturated rings. The van der Waals surface area contributed by atoms with Gasteiger partial charge >= 0.3 is 18.0 Å². The molecule has 0 aromatic rings. The number of nitrogens with zero attached hydrogens (tertiary/aromatic N) is 1. The molecule has 1 heterocycles. The van der Waals surface area contributed by atoms with Crippen LogP contribution < -0.4 is 0 Å². The van der Waals surface area contributed by atoms with E-state index in [4.69, 9.17) is 14.9 Å². The Morgan fingerprint density at radius 3 is 2.41 bits per heavy atom. The predicted octanol–water partition coefficient (Wildman–Crippen LogP) is 0.535. The molecule has 0 spiro atoms. The molecular weight excluding hydrogens is 230 g/mol. The lowest BCUT2D eigenvalue weighted by atomic mass is 10.1. The molecule has 7 heteroatoms. The molecule has 1 aliphatic rings. The van der Waals surface area contributed by atoms with E-state index in [1.54, 1.807) is 6.92 Å². The second-order valence-corrected chi connectivity index (χ2v) is 3.78. The molecule has 17 heavy (non-hydrogen) atoms. The zero-order chi connectivity index (χ0) is 13.0. The minimum atomic E-state index is -1.32. The lowest BCUT2D eigenvalue weighted by Crippen LogP contribution is -2.45. The van der Waals surface area contributed by atoms with Crippen molar-refractivity contribution in [2.45, 2.75) is 38.3 Å². The molecule has 0 saturated carbocycles. The molecule has 7 nitrogen and oxygen atoms in total. The van der Waals surface area contributed by atoms with E-state index in [1.807, 2.05) is 0 Å². The zero-order valence-electron chi connectivity index (χ0n) is 9.46. The Morgan fingerprint density at radius 1 is 1.29 bits per heavy atom. The molecule has 0 aliphatic carbocycles. The lowest BCUT2D eigenvalue weighted by Gasteiger charge is -2.24. The molecule has 1 aliphatic heterocycles. The second-order valence-electron chi connectivity index (χ2n) is 3.78. The summed E-state index contributed by atoms with van der Waals surface area (Å²) < 4.78 is 4.72. The van der Waals surface area contributed by atoms with Crippen LogP contribution >= 0.6 is 0 Å². The van der Waals surface area contributed by atoms with Gasteiger partial charge in [0.1, 0.15) is 6.04 Å². The number of aliphatic carboxylic acids is 1. The van der Waals surface area contributed by atoms with Crippen molar-refractivity contribution in [3.8, 4) is 0 Å². The van der Waals surface area contributed by atoms with Crippen molar-refractivity contribution in [2.24, 2.45) is 0 Å². The third-order valence-corrected chi connectivity index (χ3v) is 2.72. The summed E-state index contributed by atoms with van der Waals surface area (Å²) in [6.45, 7) is 1.88. The third-order valence-electron chi connectivity index (χ3n) is 2.72. The van der Waals surface area contributed by atoms with Crippen molar-refractivity contribution in [3.05, 3.63) is 0 Å². The van der Waals surface area contributed by atoms with Crippen LogP contribution in [0.25, 0.3) is 0 Å². The van der Waals surface area contributed by atoms with E-state index in [0.29, 0.717) is 6.42 Å². The van der Waals surface area contributed by atoms with Gasteiger partial charge < -0.3 is 14.9 Å². The maximum absolute atomic E-state index is 11.3. The summed E-state index contributed by atoms with van der Waals surface area (Å²) in [5, 5.41) is 17.8. The molecule has 0 aromatic carbocycles. The van der Waals surface area contributed by atoms with Crippen molar-refractivity contribution >= 4 is 18.0 Å². The van der Waals surface area contributed by atoms with Gasteiger partial charge in [-0.1, -0.05) is 0 Å². The highest BCUT2D eigenvalue weighted by atomic mass is 16.5. The Balaban J connectivity index is 2.70. The van der Waals surface area contributed by atoms with Gasteiger partial charge in [0.2, 0.25) is 0 Å². The standard InChI is InChI=1S/C10H15NO6/c1-2-17-8(12)5-6-3-4-7(9(13)14)11(6)10(15)16/h6-7H,2-5H2,1H3,(H,13,14)(H,15,16)/t6-,7+/m1/s1. The number of ether oxygens (including phenoxy) is 1. The van der Waals surface area contributed by atoms with Gasteiger partial charge in [0.25, 0.3) is 0 Å². The maximum Gasteiger partial charge on any atom is 0.408 e. The van der Waals surface area contributed by atoms with E-state index in [2.05, 4.69) is 0 Å². The van der Waals surface area contributed by atoms with Crippen molar-refractivity contribution in [3.63, 3.8) is 0 Å². The molecule has 96 valence electrons. The molecule has 0 unspecified atom stereocenters. The summed E-state index contributed by atoms with van der Waals surface area (Å²) in [6.07, 6.45) is -0.818. The Hall–Kier alpha value is -1.79. The highest BCUT2D eigenvalue weighted by molar-refractivity contribution is 5.81. The summed E-state index contributed by atoms with van der Waals surface area (Å²) in [5.74, 6) is -1.69. The molecule has 0 radical (unpaired) electrons. The number of carboxylic acid groups (broad SMARTS) is 2. The summed E-state index contributed by atoms with van der Waals surface area (Å²) in [6, 6.07) is -1.67. The van der Waals surface area contributed by atoms with E-state index in [0.717, 1.165) is 4.90 Å². The monoisotopic (exact) mass is 245 g/mol. The minimum Gasteiger partial charge on any atom is -0.480 e. The first kappa shape index (κ1) is 13.3. The second kappa shape index (κ2) is 5.51. The number of likely N-dealkylation sites (tertiary alicyclic amines) is 1. The number of carbonyl (C=O) groups is 3. The maximum atomic E-state index is 11.3. The highest BCUT2D eigenvalue weighted by Crippen LogP contribution is 2.27. The number of rotatable bonds is 4. The number of amides is 1. The Kier molecular flexibility index (Phi) is 4.30. The van der Waals surface area contributed by atoms with Gasteiger partial charge in [-0.25, -0.2) is 9.59 Å². The van der Waals surface area contributed by atoms with Crippen molar-refractivity contribution in [2.75, 3.05) is 6.61 Å². The Morgan fingerprint density at radius 2 is 1.94 bits per heavy atom. The first-order chi connectivity index (χ1) is 7.97. The van der Waals surface area contributed by atoms with Crippen LogP contribution in [-0.4, -0.2) is 51.8 Å². The van der Waals surface area contributed by atoms with Gasteiger partial charge in [0, 0.05) is 6.04 Å². The third kappa shape index (κ3) is 3.08. The normalized spacial score (nSPS) is 23.5. The van der Waals surface area contributed by atoms with Gasteiger partial charge in [0.15, 0.2) is 0 Å². The van der Waals surface area contributed by atoms with E-state index in [1.165, 1.54) is 0 Å². The number of esters is 1. The average molecular weight is 245 g/mol. The zero-order valence-corrected chi connectivity index (χ0v) is 9.46. The van der Waals surface area contributed by atoms with Crippen molar-refractivity contribution < 1.29 is 29.3 Å². The molecule has 2 atom stereocenters. The lowest BCUT2D eigenvalue weighted by molar-refractivity contribution is -0.146. The summed E-state index contributed by atoms with van der Waals surface area (Å²) in [7, 11) is 0. The van der Waals surface area contributed by atoms with Gasteiger partial charge in [-0.3, -0.25) is 9.69 Å². The van der Waals surface area contributed by atoms with E-state index in [-0.39, 0.29) is 19.4 Å². The van der Waals surface area contributed by atoms with Crippen molar-refractivity contribution in [1.82, 2.24) is 4.90 Å². The fraction of sp³-hybridized carbons (Fsp3) is 0.700. The number of hydrogen-bond donors (Lipinski definition) is 2. The topological polar surface area (TPSA) is 104 Å². The van der Waals surface area contributed by atoms with E-state index >= 15 is 0 Å². The first-order valence-electron chi connectivity index (χ1n) is 5.37. The fourth-order valence-electron chi connectivity index (χ4n) is 2.03. The van der Waals surface area contributed by atoms with Crippen LogP contribution in [-0.2, 0) is 14.3 Å². The SMILES string of the molecule is CCOC(=O)C[C@H]1CC[C@@H](C(=O)O)N1C(=O)O. The number of carboxylic acids is 1. The van der Waals surface area contributed by atoms with Gasteiger partial charge in [-0.05, 0) is 19.8 Å². The Bertz CT molecular complexity index is 329. The van der Waals surface area contributed by atoms with Crippen LogP contribution in [0.5, 0.6) is 0 Å². The van der Waals surface area contributed by atoms with Crippen LogP contribution in [0.2, 0.25) is 0 Å². The Labute approximate surface area is 98.0 Å². The predicted molar refractivity (Wildman–Crippen MR) is 55.6 cm³/mol. The average Bonchev–Trinajstić information content (AvgIpc) is 2.61. The fourth-order valence-corrected chi connectivity index (χ4v) is 2.03. The smallest absolute Gasteiger partial charge is 0.408 e. The van der Waals surface area contributed by atoms with Gasteiger partial charge in [-0.15, -0.1) is 0 Å². The van der Waals surface area contributed by atoms with Gasteiger partial charge in [-0.2, -0.15) is 0 Å². The number of carbonyl (C=O) groups excluding carboxylic acids is 1. The molecule has 2 N–H and O–H groups in total. The molecular formula is C10H15NO6. The molecule has 1 amide bonds. The summed E-state index contributed by atoms with van der Waals surface area (Å²) in [5.41, 5.74) is 0. The highest BCUT2D eigenvalue weighted by Gasteiger charge is 2.42. The summed E-state index contributed by atoms with van der Waals surface area (Å²) >= 11 is 0. The number of hydrogen-bond acceptors (Lipinski definition) is 4. The van der Waals surface area contributed by atoms with Crippen LogP contribution in [0, 0.1) is 0 Å². The largest absolute Gasteiger partial charge is 0.480 e. The van der Waals surface area contributed by atoms with Crippen LogP contribution in [0.15, 0.2) is 0 Å². The summed E-state index contributed by atoms with van der Waals surface area (Å²) in [4.78, 5) is 33.9. The molecule has 0 aromatic heterocycles. The van der Waals surface area contributed by atoms with Crippen LogP contribution in [0.4, 0.5) is 4.79 Å². The van der Waals surface area contributed by atoms with E-state index in [9.17, 15) is 14.4 Å². The molecule has 1 saturated heterocycles. The first-order valence-corrected chi connectivity index (χ1v) is 5.37. The molecule has 0 bridgehead atoms. The van der Waals surface area contributed by atoms with Crippen LogP contribution in [0.3, 0.4) is 0 Å².